The summed E-state index contributed by atoms with van der Waals surface area (Å²) in [6.45, 7) is 4.66. The number of halogens is 1. The van der Waals surface area contributed by atoms with Crippen LogP contribution in [-0.4, -0.2) is 20.1 Å². The Morgan fingerprint density at radius 3 is 2.19 bits per heavy atom. The maximum absolute atomic E-state index is 12.3. The lowest BCUT2D eigenvalue weighted by Gasteiger charge is -2.11. The molecule has 142 valence electrons. The summed E-state index contributed by atoms with van der Waals surface area (Å²) < 4.78 is 12.3. The third-order valence-corrected chi connectivity index (χ3v) is 4.37. The van der Waals surface area contributed by atoms with Gasteiger partial charge in [-0.05, 0) is 36.5 Å². The van der Waals surface area contributed by atoms with E-state index in [9.17, 15) is 4.79 Å². The molecule has 0 atom stereocenters. The van der Waals surface area contributed by atoms with Gasteiger partial charge in [-0.15, -0.1) is 0 Å². The number of hydrogen-bond donors (Lipinski definition) is 1. The van der Waals surface area contributed by atoms with Crippen molar-refractivity contribution < 1.29 is 31.2 Å². The fourth-order valence-corrected chi connectivity index (χ4v) is 2.89. The summed E-state index contributed by atoms with van der Waals surface area (Å²) in [5.41, 5.74) is 2.00. The molecule has 1 aromatic carbocycles. The third-order valence-electron chi connectivity index (χ3n) is 4.37. The number of methoxy groups -OCH3 is 2. The van der Waals surface area contributed by atoms with Crippen LogP contribution in [0.15, 0.2) is 42.7 Å². The van der Waals surface area contributed by atoms with Crippen molar-refractivity contribution in [2.45, 2.75) is 39.2 Å². The highest BCUT2D eigenvalue weighted by atomic mass is 35.5. The van der Waals surface area contributed by atoms with Crippen molar-refractivity contribution in [3.05, 3.63) is 48.3 Å². The van der Waals surface area contributed by atoms with E-state index in [0.29, 0.717) is 23.1 Å². The molecule has 0 aliphatic rings. The molecule has 6 heteroatoms. The Balaban J connectivity index is 0.00000338. The summed E-state index contributed by atoms with van der Waals surface area (Å²) in [4.78, 5) is 12.3. The van der Waals surface area contributed by atoms with Gasteiger partial charge < -0.3 is 27.2 Å². The second-order valence-electron chi connectivity index (χ2n) is 5.94. The van der Waals surface area contributed by atoms with E-state index in [1.807, 2.05) is 17.0 Å². The van der Waals surface area contributed by atoms with Crippen molar-refractivity contribution in [2.75, 3.05) is 19.5 Å². The normalized spacial score (nSPS) is 10.2. The van der Waals surface area contributed by atoms with Crippen molar-refractivity contribution in [3.8, 4) is 11.5 Å². The summed E-state index contributed by atoms with van der Waals surface area (Å²) in [5.74, 6) is 1.71. The molecule has 0 saturated carbocycles. The highest BCUT2D eigenvalue weighted by molar-refractivity contribution is 5.90. The van der Waals surface area contributed by atoms with Gasteiger partial charge in [0.2, 0.25) is 6.54 Å². The molecule has 0 saturated heterocycles. The predicted octanol–water partition coefficient (Wildman–Crippen LogP) is 0.538. The Morgan fingerprint density at radius 2 is 1.65 bits per heavy atom. The number of nitrogens with one attached hydrogen (secondary N) is 1. The number of anilines is 1. The molecular weight excluding hydrogens is 352 g/mol. The SMILES string of the molecule is CCC(CC)c1cc[n+](CC(=O)Nc2ccc(OC)c(OC)c2)cc1.[Cl-]. The van der Waals surface area contributed by atoms with Crippen LogP contribution < -0.4 is 31.8 Å². The first-order chi connectivity index (χ1) is 12.1. The number of amides is 1. The van der Waals surface area contributed by atoms with Gasteiger partial charge in [-0.2, -0.15) is 4.57 Å². The van der Waals surface area contributed by atoms with Gasteiger partial charge in [0.05, 0.1) is 14.2 Å². The number of pyridine rings is 1. The molecule has 0 spiro atoms. The van der Waals surface area contributed by atoms with Gasteiger partial charge in [-0.1, -0.05) is 13.8 Å². The van der Waals surface area contributed by atoms with Crippen LogP contribution in [0.2, 0.25) is 0 Å². The Bertz CT molecular complexity index is 701. The molecule has 1 heterocycles. The van der Waals surface area contributed by atoms with E-state index in [1.54, 1.807) is 32.4 Å². The maximum Gasteiger partial charge on any atom is 0.290 e. The minimum atomic E-state index is -0.0903. The van der Waals surface area contributed by atoms with E-state index in [1.165, 1.54) is 5.56 Å². The van der Waals surface area contributed by atoms with E-state index >= 15 is 0 Å². The number of carbonyl (C=O) groups excluding carboxylic acids is 1. The molecule has 2 rings (SSSR count). The average Bonchev–Trinajstić information content (AvgIpc) is 2.64. The van der Waals surface area contributed by atoms with E-state index in [2.05, 4.69) is 31.3 Å². The summed E-state index contributed by atoms with van der Waals surface area (Å²) in [7, 11) is 3.15. The van der Waals surface area contributed by atoms with Crippen LogP contribution in [0.3, 0.4) is 0 Å². The molecule has 26 heavy (non-hydrogen) atoms. The van der Waals surface area contributed by atoms with Crippen molar-refractivity contribution >= 4 is 11.6 Å². The zero-order chi connectivity index (χ0) is 18.2. The molecule has 1 amide bonds. The quantitative estimate of drug-likeness (QED) is 0.682. The molecule has 0 bridgehead atoms. The standard InChI is InChI=1S/C20H26N2O3.ClH/c1-5-15(6-2)16-9-11-22(12-10-16)14-20(23)21-17-7-8-18(24-3)19(13-17)25-4;/h7-13,15H,5-6,14H2,1-4H3;1H. The third kappa shape index (κ3) is 5.63. The van der Waals surface area contributed by atoms with Crippen molar-refractivity contribution in [3.63, 3.8) is 0 Å². The lowest BCUT2D eigenvalue weighted by Crippen LogP contribution is -3.00. The molecule has 0 aliphatic heterocycles. The molecule has 2 aromatic rings. The van der Waals surface area contributed by atoms with Crippen LogP contribution in [0.25, 0.3) is 0 Å². The number of aromatic nitrogens is 1. The largest absolute Gasteiger partial charge is 1.00 e. The first kappa shape index (κ1) is 21.8. The fourth-order valence-electron chi connectivity index (χ4n) is 2.89. The number of hydrogen-bond acceptors (Lipinski definition) is 3. The van der Waals surface area contributed by atoms with Gasteiger partial charge >= 0.3 is 0 Å². The van der Waals surface area contributed by atoms with Gasteiger partial charge in [0, 0.05) is 23.9 Å². The van der Waals surface area contributed by atoms with Gasteiger partial charge in [0.1, 0.15) is 0 Å². The predicted molar refractivity (Wildman–Crippen MR) is 98.1 cm³/mol. The lowest BCUT2D eigenvalue weighted by molar-refractivity contribution is -0.684. The minimum absolute atomic E-state index is 0. The van der Waals surface area contributed by atoms with Gasteiger partial charge in [0.25, 0.3) is 5.91 Å². The topological polar surface area (TPSA) is 51.4 Å². The van der Waals surface area contributed by atoms with Crippen molar-refractivity contribution in [1.29, 1.82) is 0 Å². The van der Waals surface area contributed by atoms with Crippen LogP contribution in [-0.2, 0) is 11.3 Å². The van der Waals surface area contributed by atoms with Crippen LogP contribution in [0.1, 0.15) is 38.2 Å². The van der Waals surface area contributed by atoms with Crippen LogP contribution in [0, 0.1) is 0 Å². The van der Waals surface area contributed by atoms with Gasteiger partial charge in [-0.25, -0.2) is 0 Å². The lowest BCUT2D eigenvalue weighted by atomic mass is 9.95. The van der Waals surface area contributed by atoms with Gasteiger partial charge in [-0.3, -0.25) is 4.79 Å². The van der Waals surface area contributed by atoms with Crippen LogP contribution in [0.5, 0.6) is 11.5 Å². The fraction of sp³-hybridized carbons (Fsp3) is 0.400. The zero-order valence-electron chi connectivity index (χ0n) is 15.8. The summed E-state index contributed by atoms with van der Waals surface area (Å²) in [6, 6.07) is 9.51. The van der Waals surface area contributed by atoms with Crippen LogP contribution in [0.4, 0.5) is 5.69 Å². The van der Waals surface area contributed by atoms with Crippen molar-refractivity contribution in [2.24, 2.45) is 0 Å². The van der Waals surface area contributed by atoms with E-state index < -0.39 is 0 Å². The van der Waals surface area contributed by atoms with Crippen LogP contribution >= 0.6 is 0 Å². The first-order valence-electron chi connectivity index (χ1n) is 8.62. The molecule has 1 N–H and O–H groups in total. The highest BCUT2D eigenvalue weighted by Gasteiger charge is 2.13. The monoisotopic (exact) mass is 378 g/mol. The summed E-state index contributed by atoms with van der Waals surface area (Å²) in [6.07, 6.45) is 6.17. The molecule has 0 aliphatic carbocycles. The smallest absolute Gasteiger partial charge is 0.290 e. The second-order valence-corrected chi connectivity index (χ2v) is 5.94. The molecule has 0 radical (unpaired) electrons. The van der Waals surface area contributed by atoms with E-state index in [-0.39, 0.29) is 24.9 Å². The Hall–Kier alpha value is -2.27. The number of carbonyl (C=O) groups is 1. The molecule has 5 nitrogen and oxygen atoms in total. The molecule has 1 aromatic heterocycles. The Kier molecular flexibility index (Phi) is 8.93. The van der Waals surface area contributed by atoms with E-state index in [4.69, 9.17) is 9.47 Å². The second kappa shape index (κ2) is 10.7. The number of benzene rings is 1. The molecule has 0 unspecified atom stereocenters. The minimum Gasteiger partial charge on any atom is -1.00 e. The summed E-state index contributed by atoms with van der Waals surface area (Å²) >= 11 is 0. The number of ether oxygens (including phenoxy) is 2. The molecule has 0 fully saturated rings. The van der Waals surface area contributed by atoms with Crippen molar-refractivity contribution in [1.82, 2.24) is 0 Å². The zero-order valence-corrected chi connectivity index (χ0v) is 16.5. The number of rotatable bonds is 8. The maximum atomic E-state index is 12.3. The van der Waals surface area contributed by atoms with E-state index in [0.717, 1.165) is 12.8 Å². The summed E-state index contributed by atoms with van der Waals surface area (Å²) in [5, 5.41) is 2.88. The Morgan fingerprint density at radius 1 is 1.04 bits per heavy atom. The number of nitrogens with zero attached hydrogens (tertiary/aromatic N) is 1. The van der Waals surface area contributed by atoms with Gasteiger partial charge in [0.15, 0.2) is 23.9 Å². The first-order valence-corrected chi connectivity index (χ1v) is 8.62. The highest BCUT2D eigenvalue weighted by Crippen LogP contribution is 2.29. The Labute approximate surface area is 161 Å². The molecular formula is C20H27ClN2O3. The average molecular weight is 379 g/mol.